The van der Waals surface area contributed by atoms with Crippen LogP contribution in [0.4, 0.5) is 0 Å². The molecule has 1 aromatic rings. The van der Waals surface area contributed by atoms with Crippen LogP contribution in [0.25, 0.3) is 0 Å². The van der Waals surface area contributed by atoms with Crippen LogP contribution in [0, 0.1) is 5.92 Å². The number of phosphoric acid groups is 1. The molecule has 2 rings (SSSR count). The highest BCUT2D eigenvalue weighted by Gasteiger charge is 2.27. The van der Waals surface area contributed by atoms with Crippen molar-refractivity contribution in [1.29, 1.82) is 0 Å². The van der Waals surface area contributed by atoms with Gasteiger partial charge in [0.05, 0.1) is 0 Å². The van der Waals surface area contributed by atoms with E-state index < -0.39 is 37.7 Å². The lowest BCUT2D eigenvalue weighted by atomic mass is 9.86. The number of nitrogens with zero attached hydrogens (tertiary/aromatic N) is 1. The van der Waals surface area contributed by atoms with E-state index in [1.165, 1.54) is 63.3 Å². The number of amides is 3. The van der Waals surface area contributed by atoms with Crippen LogP contribution in [0.5, 0.6) is 5.75 Å². The summed E-state index contributed by atoms with van der Waals surface area (Å²) in [5.41, 5.74) is 0.527. The zero-order valence-electron chi connectivity index (χ0n) is 22.5. The molecule has 0 spiro atoms. The highest BCUT2D eigenvalue weighted by molar-refractivity contribution is 7.46. The molecule has 3 amide bonds. The third-order valence-electron chi connectivity index (χ3n) is 6.80. The minimum absolute atomic E-state index is 0.0173. The van der Waals surface area contributed by atoms with E-state index in [2.05, 4.69) is 15.2 Å². The third kappa shape index (κ3) is 12.6. The summed E-state index contributed by atoms with van der Waals surface area (Å²) in [7, 11) is -3.03. The Balaban J connectivity index is 1.90. The smallest absolute Gasteiger partial charge is 0.480 e. The van der Waals surface area contributed by atoms with Gasteiger partial charge in [0.25, 0.3) is 0 Å². The van der Waals surface area contributed by atoms with Gasteiger partial charge in [0.15, 0.2) is 0 Å². The second-order valence-electron chi connectivity index (χ2n) is 10.1. The van der Waals surface area contributed by atoms with Gasteiger partial charge in [-0.3, -0.25) is 24.2 Å². The zero-order chi connectivity index (χ0) is 29.0. The second kappa shape index (κ2) is 15.6. The molecule has 0 aromatic heterocycles. The van der Waals surface area contributed by atoms with Gasteiger partial charge in [-0.05, 0) is 42.9 Å². The molecule has 12 nitrogen and oxygen atoms in total. The molecule has 1 saturated carbocycles. The van der Waals surface area contributed by atoms with Gasteiger partial charge in [-0.2, -0.15) is 0 Å². The highest BCUT2D eigenvalue weighted by atomic mass is 31.2. The molecule has 1 aromatic carbocycles. The van der Waals surface area contributed by atoms with Gasteiger partial charge in [0.2, 0.25) is 17.7 Å². The van der Waals surface area contributed by atoms with Crippen LogP contribution in [0.1, 0.15) is 70.3 Å². The summed E-state index contributed by atoms with van der Waals surface area (Å²) in [6, 6.07) is 3.08. The summed E-state index contributed by atoms with van der Waals surface area (Å²) in [5, 5.41) is 14.5. The molecule has 2 atom stereocenters. The first-order valence-electron chi connectivity index (χ1n) is 13.2. The third-order valence-corrected chi connectivity index (χ3v) is 7.25. The summed E-state index contributed by atoms with van der Waals surface area (Å²) >= 11 is 0. The van der Waals surface area contributed by atoms with Crippen LogP contribution < -0.4 is 15.2 Å². The van der Waals surface area contributed by atoms with Gasteiger partial charge in [0, 0.05) is 33.4 Å². The van der Waals surface area contributed by atoms with Gasteiger partial charge in [-0.15, -0.1) is 0 Å². The lowest BCUT2D eigenvalue weighted by Crippen LogP contribution is -2.52. The molecular weight excluding hydrogens is 529 g/mol. The van der Waals surface area contributed by atoms with Crippen molar-refractivity contribution in [3.63, 3.8) is 0 Å². The van der Waals surface area contributed by atoms with Crippen LogP contribution in [0.2, 0.25) is 0 Å². The number of benzene rings is 1. The number of hydrogen-bond donors (Lipinski definition) is 5. The first-order valence-corrected chi connectivity index (χ1v) is 14.8. The Kier molecular flexibility index (Phi) is 12.9. The number of hydrogen-bond acceptors (Lipinski definition) is 6. The van der Waals surface area contributed by atoms with E-state index in [-0.39, 0.29) is 30.9 Å². The lowest BCUT2D eigenvalue weighted by Gasteiger charge is -2.24. The van der Waals surface area contributed by atoms with E-state index in [0.717, 1.165) is 18.8 Å². The minimum atomic E-state index is -4.73. The summed E-state index contributed by atoms with van der Waals surface area (Å²) in [6.45, 7) is 1.82. The Morgan fingerprint density at radius 2 is 1.69 bits per heavy atom. The molecule has 2 unspecified atom stereocenters. The maximum atomic E-state index is 12.9. The topological polar surface area (TPSA) is 183 Å². The highest BCUT2D eigenvalue weighted by Crippen LogP contribution is 2.37. The molecule has 1 fully saturated rings. The lowest BCUT2D eigenvalue weighted by molar-refractivity contribution is -0.142. The van der Waals surface area contributed by atoms with Crippen LogP contribution in [-0.4, -0.2) is 69.2 Å². The molecular formula is C26H40N3O9P. The summed E-state index contributed by atoms with van der Waals surface area (Å²) < 4.78 is 15.5. The van der Waals surface area contributed by atoms with E-state index in [9.17, 15) is 28.8 Å². The number of carbonyl (C=O) groups is 4. The molecule has 1 aliphatic rings. The minimum Gasteiger partial charge on any atom is -0.480 e. The van der Waals surface area contributed by atoms with Gasteiger partial charge in [-0.25, -0.2) is 9.36 Å². The van der Waals surface area contributed by atoms with Crippen molar-refractivity contribution in [2.24, 2.45) is 5.92 Å². The van der Waals surface area contributed by atoms with Gasteiger partial charge < -0.3 is 25.2 Å². The SMILES string of the molecule is CC(=O)NC(Cc1ccc(OP(=O)(O)O)cc1)C(=O)NC(CCC(=O)N(C)CCCC1CCCCC1)C(=O)O. The molecule has 1 aliphatic carbocycles. The largest absolute Gasteiger partial charge is 0.524 e. The van der Waals surface area contributed by atoms with E-state index in [0.29, 0.717) is 12.1 Å². The molecule has 0 bridgehead atoms. The van der Waals surface area contributed by atoms with Crippen molar-refractivity contribution < 1.29 is 43.2 Å². The molecule has 0 heterocycles. The van der Waals surface area contributed by atoms with Crippen molar-refractivity contribution in [2.45, 2.75) is 83.2 Å². The Morgan fingerprint density at radius 1 is 1.05 bits per heavy atom. The first kappa shape index (κ1) is 32.3. The van der Waals surface area contributed by atoms with Crippen molar-refractivity contribution >= 4 is 31.5 Å². The van der Waals surface area contributed by atoms with Gasteiger partial charge in [0.1, 0.15) is 17.8 Å². The Morgan fingerprint density at radius 3 is 2.26 bits per heavy atom. The zero-order valence-corrected chi connectivity index (χ0v) is 23.4. The molecule has 13 heteroatoms. The van der Waals surface area contributed by atoms with Crippen molar-refractivity contribution in [2.75, 3.05) is 13.6 Å². The molecule has 218 valence electrons. The molecule has 39 heavy (non-hydrogen) atoms. The maximum Gasteiger partial charge on any atom is 0.524 e. The number of carboxylic acid groups (broad SMARTS) is 1. The van der Waals surface area contributed by atoms with E-state index >= 15 is 0 Å². The van der Waals surface area contributed by atoms with E-state index in [1.807, 2.05) is 0 Å². The average Bonchev–Trinajstić information content (AvgIpc) is 2.86. The number of aliphatic carboxylic acids is 1. The van der Waals surface area contributed by atoms with Crippen molar-refractivity contribution in [3.8, 4) is 5.75 Å². The predicted octanol–water partition coefficient (Wildman–Crippen LogP) is 2.37. The maximum absolute atomic E-state index is 12.9. The van der Waals surface area contributed by atoms with Crippen LogP contribution in [-0.2, 0) is 30.2 Å². The van der Waals surface area contributed by atoms with Gasteiger partial charge >= 0.3 is 13.8 Å². The van der Waals surface area contributed by atoms with Crippen molar-refractivity contribution in [3.05, 3.63) is 29.8 Å². The summed E-state index contributed by atoms with van der Waals surface area (Å²) in [4.78, 5) is 68.4. The Bertz CT molecular complexity index is 1020. The number of nitrogens with one attached hydrogen (secondary N) is 2. The van der Waals surface area contributed by atoms with Crippen molar-refractivity contribution in [1.82, 2.24) is 15.5 Å². The fraction of sp³-hybridized carbons (Fsp3) is 0.615. The number of carbonyl (C=O) groups excluding carboxylic acids is 3. The molecule has 5 N–H and O–H groups in total. The van der Waals surface area contributed by atoms with Crippen LogP contribution in [0.15, 0.2) is 24.3 Å². The van der Waals surface area contributed by atoms with E-state index in [4.69, 9.17) is 9.79 Å². The summed E-state index contributed by atoms with van der Waals surface area (Å²) in [6.07, 6.45) is 8.13. The quantitative estimate of drug-likeness (QED) is 0.198. The monoisotopic (exact) mass is 569 g/mol. The van der Waals surface area contributed by atoms with Crippen LogP contribution >= 0.6 is 7.82 Å². The predicted molar refractivity (Wildman–Crippen MR) is 143 cm³/mol. The normalized spacial score (nSPS) is 15.6. The fourth-order valence-corrected chi connectivity index (χ4v) is 5.12. The standard InChI is InChI=1S/C26H40N3O9P/c1-18(30)27-23(17-20-10-12-21(13-11-20)38-39(35,36)37)25(32)28-22(26(33)34)14-15-24(31)29(2)16-6-9-19-7-4-3-5-8-19/h10-13,19,22-23H,3-9,14-17H2,1-2H3,(H,27,30)(H,28,32)(H,33,34)(H2,35,36,37). The fourth-order valence-electron chi connectivity index (χ4n) is 4.72. The number of rotatable bonds is 15. The average molecular weight is 570 g/mol. The van der Waals surface area contributed by atoms with E-state index in [1.54, 1.807) is 11.9 Å². The number of carboxylic acids is 1. The molecule has 0 saturated heterocycles. The first-order chi connectivity index (χ1) is 18.3. The molecule has 0 radical (unpaired) electrons. The Labute approximate surface area is 228 Å². The Hall–Kier alpha value is -2.95. The molecule has 0 aliphatic heterocycles. The van der Waals surface area contributed by atoms with Crippen LogP contribution in [0.3, 0.4) is 0 Å². The number of phosphoric ester groups is 1. The summed E-state index contributed by atoms with van der Waals surface area (Å²) in [5.74, 6) is -2.10. The van der Waals surface area contributed by atoms with Gasteiger partial charge in [-0.1, -0.05) is 44.2 Å². The second-order valence-corrected chi connectivity index (χ2v) is 11.2.